The SMILES string of the molecule is NC(=O)c1cc(F)c(NC2CCCCC2N)nc1Nc1cc([N+](=O)[O-])c2[nH]ccc2c1. The van der Waals surface area contributed by atoms with Crippen LogP contribution in [0.4, 0.5) is 27.4 Å². The molecule has 162 valence electrons. The van der Waals surface area contributed by atoms with Gasteiger partial charge in [0.05, 0.1) is 10.5 Å². The molecule has 1 aromatic carbocycles. The van der Waals surface area contributed by atoms with Crippen molar-refractivity contribution in [3.8, 4) is 0 Å². The van der Waals surface area contributed by atoms with Gasteiger partial charge in [-0.25, -0.2) is 9.37 Å². The van der Waals surface area contributed by atoms with Crippen molar-refractivity contribution in [3.63, 3.8) is 0 Å². The molecule has 2 unspecified atom stereocenters. The van der Waals surface area contributed by atoms with Gasteiger partial charge in [0.2, 0.25) is 0 Å². The fourth-order valence-corrected chi connectivity index (χ4v) is 3.89. The number of rotatable bonds is 6. The Morgan fingerprint density at radius 2 is 2.03 bits per heavy atom. The Bertz CT molecular complexity index is 1160. The molecule has 4 rings (SSSR count). The minimum absolute atomic E-state index is 0.00929. The molecule has 0 bridgehead atoms. The molecule has 31 heavy (non-hydrogen) atoms. The lowest BCUT2D eigenvalue weighted by Crippen LogP contribution is -2.43. The molecule has 1 aliphatic carbocycles. The van der Waals surface area contributed by atoms with Crippen LogP contribution < -0.4 is 22.1 Å². The number of nitrogens with two attached hydrogens (primary N) is 2. The number of aromatic amines is 1. The van der Waals surface area contributed by atoms with Gasteiger partial charge in [0.25, 0.3) is 11.6 Å². The highest BCUT2D eigenvalue weighted by Crippen LogP contribution is 2.32. The molecule has 2 aromatic heterocycles. The molecule has 11 heteroatoms. The summed E-state index contributed by atoms with van der Waals surface area (Å²) in [6.07, 6.45) is 5.17. The van der Waals surface area contributed by atoms with Crippen LogP contribution in [-0.2, 0) is 0 Å². The number of nitro groups is 1. The smallest absolute Gasteiger partial charge is 0.295 e. The Balaban J connectivity index is 1.72. The Morgan fingerprint density at radius 1 is 1.26 bits per heavy atom. The normalized spacial score (nSPS) is 18.6. The number of fused-ring (bicyclic) bond motifs is 1. The van der Waals surface area contributed by atoms with E-state index in [2.05, 4.69) is 20.6 Å². The summed E-state index contributed by atoms with van der Waals surface area (Å²) in [5, 5.41) is 17.9. The van der Waals surface area contributed by atoms with Crippen LogP contribution in [0.1, 0.15) is 36.0 Å². The molecule has 1 saturated carbocycles. The van der Waals surface area contributed by atoms with Crippen LogP contribution in [-0.4, -0.2) is 32.9 Å². The highest BCUT2D eigenvalue weighted by Gasteiger charge is 2.25. The molecule has 1 aliphatic rings. The summed E-state index contributed by atoms with van der Waals surface area (Å²) in [4.78, 5) is 29.9. The van der Waals surface area contributed by atoms with Crippen molar-refractivity contribution in [2.75, 3.05) is 10.6 Å². The van der Waals surface area contributed by atoms with Gasteiger partial charge in [-0.1, -0.05) is 12.8 Å². The molecule has 0 spiro atoms. The van der Waals surface area contributed by atoms with Gasteiger partial charge in [0, 0.05) is 35.4 Å². The molecule has 7 N–H and O–H groups in total. The molecule has 2 heterocycles. The number of halogens is 1. The predicted octanol–water partition coefficient (Wildman–Crippen LogP) is 3.13. The van der Waals surface area contributed by atoms with Gasteiger partial charge in [0.15, 0.2) is 11.6 Å². The van der Waals surface area contributed by atoms with Crippen LogP contribution in [0.25, 0.3) is 10.9 Å². The summed E-state index contributed by atoms with van der Waals surface area (Å²) in [6, 6.07) is 5.34. The molecule has 0 radical (unpaired) electrons. The molecule has 2 atom stereocenters. The summed E-state index contributed by atoms with van der Waals surface area (Å²) in [5.74, 6) is -1.69. The molecule has 10 nitrogen and oxygen atoms in total. The number of carbonyl (C=O) groups is 1. The standard InChI is InChI=1S/C20H22FN7O3/c21-13-9-12(18(23)29)19(27-20(13)26-15-4-2-1-3-14(15)22)25-11-7-10-5-6-24-17(10)16(8-11)28(30)31/h5-9,14-15,24H,1-4,22H2,(H2,23,29)(H2,25,26,27). The topological polar surface area (TPSA) is 165 Å². The lowest BCUT2D eigenvalue weighted by atomic mass is 9.91. The largest absolute Gasteiger partial charge is 0.365 e. The number of non-ortho nitro benzene ring substituents is 1. The number of benzene rings is 1. The predicted molar refractivity (Wildman–Crippen MR) is 115 cm³/mol. The monoisotopic (exact) mass is 427 g/mol. The number of aromatic nitrogens is 2. The maximum atomic E-state index is 14.7. The Kier molecular flexibility index (Phi) is 5.42. The van der Waals surface area contributed by atoms with Crippen molar-refractivity contribution in [2.45, 2.75) is 37.8 Å². The van der Waals surface area contributed by atoms with E-state index in [1.165, 1.54) is 6.07 Å². The summed E-state index contributed by atoms with van der Waals surface area (Å²) in [5.41, 5.74) is 11.9. The number of primary amides is 1. The highest BCUT2D eigenvalue weighted by atomic mass is 19.1. The molecule has 0 aliphatic heterocycles. The second-order valence-corrected chi connectivity index (χ2v) is 7.60. The highest BCUT2D eigenvalue weighted by molar-refractivity contribution is 5.99. The molecular weight excluding hydrogens is 405 g/mol. The Hall–Kier alpha value is -3.73. The fraction of sp³-hybridized carbons (Fsp3) is 0.300. The van der Waals surface area contributed by atoms with Gasteiger partial charge >= 0.3 is 0 Å². The molecular formula is C20H22FN7O3. The van der Waals surface area contributed by atoms with E-state index in [4.69, 9.17) is 11.5 Å². The van der Waals surface area contributed by atoms with Crippen molar-refractivity contribution in [2.24, 2.45) is 11.5 Å². The first-order valence-electron chi connectivity index (χ1n) is 9.88. The van der Waals surface area contributed by atoms with Gasteiger partial charge in [-0.3, -0.25) is 14.9 Å². The van der Waals surface area contributed by atoms with Crippen molar-refractivity contribution >= 4 is 39.8 Å². The third kappa shape index (κ3) is 4.12. The van der Waals surface area contributed by atoms with E-state index in [0.717, 1.165) is 31.7 Å². The number of nitrogens with one attached hydrogen (secondary N) is 3. The Labute approximate surface area is 176 Å². The number of nitro benzene ring substituents is 1. The first kappa shape index (κ1) is 20.5. The zero-order valence-electron chi connectivity index (χ0n) is 16.5. The lowest BCUT2D eigenvalue weighted by molar-refractivity contribution is -0.383. The maximum absolute atomic E-state index is 14.7. The van der Waals surface area contributed by atoms with Crippen molar-refractivity contribution in [1.82, 2.24) is 9.97 Å². The van der Waals surface area contributed by atoms with Crippen molar-refractivity contribution < 1.29 is 14.1 Å². The number of pyridine rings is 1. The van der Waals surface area contributed by atoms with Crippen LogP contribution in [0, 0.1) is 15.9 Å². The van der Waals surface area contributed by atoms with Crippen LogP contribution in [0.15, 0.2) is 30.5 Å². The minimum atomic E-state index is -0.882. The van der Waals surface area contributed by atoms with Crippen molar-refractivity contribution in [1.29, 1.82) is 0 Å². The second kappa shape index (κ2) is 8.19. The number of carbonyl (C=O) groups excluding carboxylic acids is 1. The van der Waals surface area contributed by atoms with Gasteiger partial charge in [0.1, 0.15) is 11.3 Å². The quantitative estimate of drug-likeness (QED) is 0.298. The van der Waals surface area contributed by atoms with Gasteiger partial charge in [-0.2, -0.15) is 0 Å². The van der Waals surface area contributed by atoms with Gasteiger partial charge in [-0.05, 0) is 31.0 Å². The zero-order chi connectivity index (χ0) is 22.1. The average Bonchev–Trinajstić information content (AvgIpc) is 3.19. The number of amides is 1. The zero-order valence-corrected chi connectivity index (χ0v) is 16.5. The number of hydrogen-bond acceptors (Lipinski definition) is 7. The first-order valence-corrected chi connectivity index (χ1v) is 9.88. The summed E-state index contributed by atoms with van der Waals surface area (Å²) in [7, 11) is 0. The van der Waals surface area contributed by atoms with E-state index in [-0.39, 0.29) is 35.0 Å². The maximum Gasteiger partial charge on any atom is 0.295 e. The fourth-order valence-electron chi connectivity index (χ4n) is 3.89. The van der Waals surface area contributed by atoms with Gasteiger partial charge < -0.3 is 27.1 Å². The average molecular weight is 427 g/mol. The second-order valence-electron chi connectivity index (χ2n) is 7.60. The lowest BCUT2D eigenvalue weighted by Gasteiger charge is -2.30. The van der Waals surface area contributed by atoms with Crippen LogP contribution in [0.3, 0.4) is 0 Å². The van der Waals surface area contributed by atoms with E-state index in [9.17, 15) is 19.3 Å². The van der Waals surface area contributed by atoms with E-state index in [0.29, 0.717) is 16.6 Å². The van der Waals surface area contributed by atoms with E-state index < -0.39 is 16.6 Å². The van der Waals surface area contributed by atoms with E-state index >= 15 is 0 Å². The Morgan fingerprint density at radius 3 is 2.74 bits per heavy atom. The number of H-pyrrole nitrogens is 1. The number of hydrogen-bond donors (Lipinski definition) is 5. The number of anilines is 3. The van der Waals surface area contributed by atoms with Crippen LogP contribution >= 0.6 is 0 Å². The van der Waals surface area contributed by atoms with E-state index in [1.54, 1.807) is 18.3 Å². The first-order chi connectivity index (χ1) is 14.8. The van der Waals surface area contributed by atoms with Crippen LogP contribution in [0.5, 0.6) is 0 Å². The molecule has 1 fully saturated rings. The van der Waals surface area contributed by atoms with E-state index in [1.807, 2.05) is 0 Å². The van der Waals surface area contributed by atoms with Gasteiger partial charge in [-0.15, -0.1) is 0 Å². The molecule has 3 aromatic rings. The summed E-state index contributed by atoms with van der Waals surface area (Å²) in [6.45, 7) is 0. The van der Waals surface area contributed by atoms with Crippen molar-refractivity contribution in [3.05, 3.63) is 52.0 Å². The minimum Gasteiger partial charge on any atom is -0.365 e. The third-order valence-electron chi connectivity index (χ3n) is 5.48. The summed E-state index contributed by atoms with van der Waals surface area (Å²) < 4.78 is 14.7. The molecule has 1 amide bonds. The van der Waals surface area contributed by atoms with Crippen LogP contribution in [0.2, 0.25) is 0 Å². The number of nitrogens with zero attached hydrogens (tertiary/aromatic N) is 2. The molecule has 0 saturated heterocycles. The summed E-state index contributed by atoms with van der Waals surface area (Å²) >= 11 is 0. The third-order valence-corrected chi connectivity index (χ3v) is 5.48.